The molecule has 1 aromatic carbocycles. The van der Waals surface area contributed by atoms with Crippen molar-refractivity contribution in [2.75, 3.05) is 13.1 Å². The summed E-state index contributed by atoms with van der Waals surface area (Å²) in [5.41, 5.74) is 0.365. The molecule has 0 N–H and O–H groups in total. The van der Waals surface area contributed by atoms with Gasteiger partial charge in [0.2, 0.25) is 0 Å². The summed E-state index contributed by atoms with van der Waals surface area (Å²) in [6.45, 7) is -0.608. The maximum atomic E-state index is 13.9. The molecule has 0 amide bonds. The first kappa shape index (κ1) is 13.8. The van der Waals surface area contributed by atoms with Crippen LogP contribution in [0.25, 0.3) is 0 Å². The normalized spacial score (nSPS) is 21.5. The molecule has 1 aliphatic heterocycles. The lowest BCUT2D eigenvalue weighted by Crippen LogP contribution is -2.34. The van der Waals surface area contributed by atoms with Crippen molar-refractivity contribution in [3.63, 3.8) is 0 Å². The summed E-state index contributed by atoms with van der Waals surface area (Å²) in [6.07, 6.45) is -3.00. The lowest BCUT2D eigenvalue weighted by molar-refractivity contribution is -0.147. The Kier molecular flexibility index (Phi) is 3.93. The average molecular weight is 279 g/mol. The van der Waals surface area contributed by atoms with Crippen LogP contribution in [0.1, 0.15) is 24.4 Å². The van der Waals surface area contributed by atoms with Crippen molar-refractivity contribution in [1.82, 2.24) is 4.90 Å². The van der Waals surface area contributed by atoms with Crippen LogP contribution in [0.2, 0.25) is 0 Å². The minimum Gasteiger partial charge on any atom is -0.288 e. The number of likely N-dealkylation sites (tertiary alicyclic amines) is 1. The van der Waals surface area contributed by atoms with Crippen molar-refractivity contribution in [2.24, 2.45) is 0 Å². The summed E-state index contributed by atoms with van der Waals surface area (Å²) >= 11 is 0. The molecule has 1 fully saturated rings. The summed E-state index contributed by atoms with van der Waals surface area (Å²) in [6, 6.07) is 4.37. The number of hydrogen-bond acceptors (Lipinski definition) is 1. The quantitative estimate of drug-likeness (QED) is 0.594. The van der Waals surface area contributed by atoms with Crippen molar-refractivity contribution in [1.29, 1.82) is 0 Å². The van der Waals surface area contributed by atoms with E-state index in [-0.39, 0.29) is 0 Å². The van der Waals surface area contributed by atoms with Crippen LogP contribution in [0.4, 0.5) is 17.6 Å². The van der Waals surface area contributed by atoms with Gasteiger partial charge in [-0.05, 0) is 19.4 Å². The van der Waals surface area contributed by atoms with Gasteiger partial charge in [-0.15, -0.1) is 9.24 Å². The summed E-state index contributed by atoms with van der Waals surface area (Å²) in [7, 11) is 2.26. The Bertz CT molecular complexity index is 433. The van der Waals surface area contributed by atoms with Gasteiger partial charge >= 0.3 is 6.18 Å². The summed E-state index contributed by atoms with van der Waals surface area (Å²) in [5, 5.41) is 0.395. The maximum Gasteiger partial charge on any atom is 0.401 e. The third-order valence-electron chi connectivity index (χ3n) is 3.16. The third kappa shape index (κ3) is 3.01. The zero-order chi connectivity index (χ0) is 13.3. The van der Waals surface area contributed by atoms with Gasteiger partial charge in [0, 0.05) is 16.9 Å². The average Bonchev–Trinajstić information content (AvgIpc) is 2.67. The van der Waals surface area contributed by atoms with Gasteiger partial charge in [0.1, 0.15) is 5.82 Å². The maximum absolute atomic E-state index is 13.9. The fraction of sp³-hybridized carbons (Fsp3) is 0.500. The minimum atomic E-state index is -4.24. The zero-order valence-electron chi connectivity index (χ0n) is 9.67. The molecular formula is C12H14F4NP. The van der Waals surface area contributed by atoms with Crippen LogP contribution < -0.4 is 5.30 Å². The molecule has 1 heterocycles. The van der Waals surface area contributed by atoms with E-state index < -0.39 is 24.6 Å². The number of hydrogen-bond donors (Lipinski definition) is 0. The second-order valence-electron chi connectivity index (χ2n) is 4.49. The Balaban J connectivity index is 2.24. The largest absolute Gasteiger partial charge is 0.401 e. The van der Waals surface area contributed by atoms with Gasteiger partial charge in [0.25, 0.3) is 0 Å². The molecule has 0 bridgehead atoms. The van der Waals surface area contributed by atoms with E-state index in [1.807, 2.05) is 0 Å². The van der Waals surface area contributed by atoms with Gasteiger partial charge in [-0.2, -0.15) is 13.2 Å². The van der Waals surface area contributed by atoms with Crippen LogP contribution in [0.5, 0.6) is 0 Å². The molecule has 2 unspecified atom stereocenters. The summed E-state index contributed by atoms with van der Waals surface area (Å²) < 4.78 is 51.2. The summed E-state index contributed by atoms with van der Waals surface area (Å²) in [5.74, 6) is -0.415. The highest BCUT2D eigenvalue weighted by molar-refractivity contribution is 7.27. The van der Waals surface area contributed by atoms with Crippen LogP contribution in [0.3, 0.4) is 0 Å². The number of benzene rings is 1. The van der Waals surface area contributed by atoms with Gasteiger partial charge in [0.05, 0.1) is 6.54 Å². The van der Waals surface area contributed by atoms with E-state index in [4.69, 9.17) is 0 Å². The van der Waals surface area contributed by atoms with Crippen molar-refractivity contribution < 1.29 is 17.6 Å². The SMILES string of the molecule is Fc1c(P)cccc1C1CCCN1CC(F)(F)F. The Hall–Kier alpha value is -0.670. The second-order valence-corrected chi connectivity index (χ2v) is 5.12. The molecule has 2 atom stereocenters. The molecule has 0 aliphatic carbocycles. The smallest absolute Gasteiger partial charge is 0.288 e. The van der Waals surface area contributed by atoms with Gasteiger partial charge < -0.3 is 0 Å². The highest BCUT2D eigenvalue weighted by Crippen LogP contribution is 2.35. The molecular weight excluding hydrogens is 265 g/mol. The number of rotatable bonds is 2. The van der Waals surface area contributed by atoms with Crippen molar-refractivity contribution in [2.45, 2.75) is 25.1 Å². The fourth-order valence-electron chi connectivity index (χ4n) is 2.42. The van der Waals surface area contributed by atoms with E-state index in [1.54, 1.807) is 18.2 Å². The number of alkyl halides is 3. The number of nitrogens with zero attached hydrogens (tertiary/aromatic N) is 1. The Morgan fingerprint density at radius 2 is 2.06 bits per heavy atom. The molecule has 1 aromatic rings. The summed E-state index contributed by atoms with van der Waals surface area (Å²) in [4.78, 5) is 1.31. The molecule has 18 heavy (non-hydrogen) atoms. The molecule has 0 aromatic heterocycles. The van der Waals surface area contributed by atoms with Gasteiger partial charge in [0.15, 0.2) is 0 Å². The van der Waals surface area contributed by atoms with Crippen LogP contribution in [-0.2, 0) is 0 Å². The van der Waals surface area contributed by atoms with Gasteiger partial charge in [-0.25, -0.2) is 4.39 Å². The van der Waals surface area contributed by atoms with Crippen molar-refractivity contribution >= 4 is 14.5 Å². The van der Waals surface area contributed by atoms with E-state index in [0.717, 1.165) is 0 Å². The highest BCUT2D eigenvalue weighted by Gasteiger charge is 2.37. The van der Waals surface area contributed by atoms with E-state index >= 15 is 0 Å². The Morgan fingerprint density at radius 1 is 1.33 bits per heavy atom. The third-order valence-corrected chi connectivity index (χ3v) is 3.61. The van der Waals surface area contributed by atoms with Crippen LogP contribution in [0.15, 0.2) is 18.2 Å². The molecule has 0 spiro atoms. The monoisotopic (exact) mass is 279 g/mol. The first-order valence-electron chi connectivity index (χ1n) is 5.73. The molecule has 0 saturated carbocycles. The molecule has 1 aliphatic rings. The number of halogens is 4. The van der Waals surface area contributed by atoms with Gasteiger partial charge in [-0.3, -0.25) is 4.90 Å². The van der Waals surface area contributed by atoms with Crippen molar-refractivity contribution in [3.05, 3.63) is 29.6 Å². The van der Waals surface area contributed by atoms with Crippen LogP contribution in [-0.4, -0.2) is 24.2 Å². The standard InChI is InChI=1S/C12H14F4NP/c13-11-8(3-1-5-10(11)18)9-4-2-6-17(9)7-12(14,15)16/h1,3,5,9H,2,4,6-7,18H2. The van der Waals surface area contributed by atoms with Crippen LogP contribution in [0, 0.1) is 5.82 Å². The Morgan fingerprint density at radius 3 is 2.72 bits per heavy atom. The molecule has 2 rings (SSSR count). The molecule has 100 valence electrons. The predicted molar refractivity (Wildman–Crippen MR) is 65.3 cm³/mol. The van der Waals surface area contributed by atoms with E-state index in [1.165, 1.54) is 4.90 Å². The van der Waals surface area contributed by atoms with E-state index in [2.05, 4.69) is 9.24 Å². The molecule has 1 saturated heterocycles. The van der Waals surface area contributed by atoms with Crippen LogP contribution >= 0.6 is 9.24 Å². The van der Waals surface area contributed by atoms with E-state index in [9.17, 15) is 17.6 Å². The highest BCUT2D eigenvalue weighted by atomic mass is 31.0. The lowest BCUT2D eigenvalue weighted by Gasteiger charge is -2.26. The predicted octanol–water partition coefficient (Wildman–Crippen LogP) is 3.03. The zero-order valence-corrected chi connectivity index (χ0v) is 10.8. The first-order valence-corrected chi connectivity index (χ1v) is 6.31. The lowest BCUT2D eigenvalue weighted by atomic mass is 10.0. The Labute approximate surface area is 105 Å². The fourth-order valence-corrected chi connectivity index (χ4v) is 2.70. The minimum absolute atomic E-state index is 0.365. The molecule has 6 heteroatoms. The molecule has 0 radical (unpaired) electrons. The second kappa shape index (κ2) is 5.14. The van der Waals surface area contributed by atoms with Gasteiger partial charge in [-0.1, -0.05) is 18.2 Å². The van der Waals surface area contributed by atoms with E-state index in [0.29, 0.717) is 30.3 Å². The first-order chi connectivity index (χ1) is 8.38. The molecule has 1 nitrogen and oxygen atoms in total. The topological polar surface area (TPSA) is 3.24 Å². The van der Waals surface area contributed by atoms with Crippen molar-refractivity contribution in [3.8, 4) is 0 Å².